The van der Waals surface area contributed by atoms with Crippen LogP contribution in [0.1, 0.15) is 29.4 Å². The van der Waals surface area contributed by atoms with E-state index in [1.165, 1.54) is 13.2 Å². The zero-order valence-corrected chi connectivity index (χ0v) is 12.8. The summed E-state index contributed by atoms with van der Waals surface area (Å²) in [6.07, 6.45) is 0.790. The molecule has 0 bridgehead atoms. The summed E-state index contributed by atoms with van der Waals surface area (Å²) in [6.45, 7) is 1.69. The van der Waals surface area contributed by atoms with Crippen LogP contribution in [-0.4, -0.2) is 17.3 Å². The Hall–Kier alpha value is -2.53. The molecule has 5 heteroatoms. The molecule has 1 aliphatic rings. The molecule has 5 nitrogen and oxygen atoms in total. The third-order valence-electron chi connectivity index (χ3n) is 4.51. The Morgan fingerprint density at radius 3 is 2.78 bits per heavy atom. The SMILES string of the molecule is COc1c2c(cc3cc(O)c4c(=O)cc(C)oc4c13)CCC2O. The summed E-state index contributed by atoms with van der Waals surface area (Å²) in [4.78, 5) is 12.3. The topological polar surface area (TPSA) is 79.9 Å². The molecule has 0 radical (unpaired) electrons. The number of ether oxygens (including phenoxy) is 1. The van der Waals surface area contributed by atoms with Crippen molar-refractivity contribution in [2.45, 2.75) is 25.9 Å². The number of fused-ring (bicyclic) bond motifs is 4. The molecule has 0 aliphatic heterocycles. The number of phenolic OH excluding ortho intramolecular Hbond substituents is 1. The van der Waals surface area contributed by atoms with Crippen LogP contribution in [0.25, 0.3) is 21.7 Å². The van der Waals surface area contributed by atoms with Crippen LogP contribution in [0.5, 0.6) is 11.5 Å². The maximum Gasteiger partial charge on any atom is 0.196 e. The van der Waals surface area contributed by atoms with Crippen molar-refractivity contribution in [3.05, 3.63) is 45.3 Å². The van der Waals surface area contributed by atoms with Crippen LogP contribution in [0.2, 0.25) is 0 Å². The molecule has 23 heavy (non-hydrogen) atoms. The number of benzene rings is 2. The normalized spacial score (nSPS) is 16.9. The van der Waals surface area contributed by atoms with Gasteiger partial charge >= 0.3 is 0 Å². The molecule has 1 aromatic heterocycles. The third kappa shape index (κ3) is 1.86. The van der Waals surface area contributed by atoms with E-state index in [4.69, 9.17) is 9.15 Å². The Labute approximate surface area is 131 Å². The van der Waals surface area contributed by atoms with E-state index in [0.717, 1.165) is 22.9 Å². The summed E-state index contributed by atoms with van der Waals surface area (Å²) in [5, 5.41) is 22.0. The number of rotatable bonds is 1. The lowest BCUT2D eigenvalue weighted by Crippen LogP contribution is -2.03. The van der Waals surface area contributed by atoms with Crippen LogP contribution in [0.3, 0.4) is 0 Å². The first-order valence-electron chi connectivity index (χ1n) is 7.49. The van der Waals surface area contributed by atoms with E-state index in [2.05, 4.69) is 0 Å². The highest BCUT2D eigenvalue weighted by Crippen LogP contribution is 2.46. The number of aryl methyl sites for hydroxylation is 2. The first-order valence-corrected chi connectivity index (χ1v) is 7.49. The number of hydrogen-bond acceptors (Lipinski definition) is 5. The van der Waals surface area contributed by atoms with Gasteiger partial charge in [0.05, 0.1) is 18.6 Å². The molecule has 1 atom stereocenters. The zero-order valence-electron chi connectivity index (χ0n) is 12.8. The van der Waals surface area contributed by atoms with Crippen molar-refractivity contribution in [2.75, 3.05) is 7.11 Å². The van der Waals surface area contributed by atoms with Crippen molar-refractivity contribution in [1.82, 2.24) is 0 Å². The summed E-state index contributed by atoms with van der Waals surface area (Å²) in [6, 6.07) is 4.82. The lowest BCUT2D eigenvalue weighted by molar-refractivity contribution is 0.176. The van der Waals surface area contributed by atoms with Gasteiger partial charge in [0.25, 0.3) is 0 Å². The van der Waals surface area contributed by atoms with Crippen LogP contribution in [0.15, 0.2) is 27.4 Å². The lowest BCUT2D eigenvalue weighted by atomic mass is 9.98. The Bertz CT molecular complexity index is 1020. The Balaban J connectivity index is 2.30. The third-order valence-corrected chi connectivity index (χ3v) is 4.51. The van der Waals surface area contributed by atoms with E-state index >= 15 is 0 Å². The highest BCUT2D eigenvalue weighted by Gasteiger charge is 2.28. The van der Waals surface area contributed by atoms with Gasteiger partial charge in [-0.15, -0.1) is 0 Å². The minimum atomic E-state index is -0.593. The molecule has 0 fully saturated rings. The van der Waals surface area contributed by atoms with Gasteiger partial charge in [0.2, 0.25) is 0 Å². The van der Waals surface area contributed by atoms with Crippen LogP contribution in [0.4, 0.5) is 0 Å². The smallest absolute Gasteiger partial charge is 0.196 e. The highest BCUT2D eigenvalue weighted by molar-refractivity contribution is 6.10. The Morgan fingerprint density at radius 2 is 2.04 bits per heavy atom. The fourth-order valence-corrected chi connectivity index (χ4v) is 3.57. The van der Waals surface area contributed by atoms with E-state index < -0.39 is 6.10 Å². The number of aromatic hydroxyl groups is 1. The van der Waals surface area contributed by atoms with Crippen molar-refractivity contribution in [2.24, 2.45) is 0 Å². The molecule has 2 N–H and O–H groups in total. The van der Waals surface area contributed by atoms with Crippen molar-refractivity contribution < 1.29 is 19.4 Å². The second-order valence-electron chi connectivity index (χ2n) is 5.96. The monoisotopic (exact) mass is 312 g/mol. The van der Waals surface area contributed by atoms with E-state index in [-0.39, 0.29) is 16.6 Å². The fourth-order valence-electron chi connectivity index (χ4n) is 3.57. The van der Waals surface area contributed by atoms with Crippen molar-refractivity contribution in [1.29, 1.82) is 0 Å². The van der Waals surface area contributed by atoms with Crippen molar-refractivity contribution in [3.8, 4) is 11.5 Å². The standard InChI is InChI=1S/C18H16O5/c1-8-5-12(20)16-13(21)7-10-6-9-3-4-11(19)14(9)17(22-2)15(10)18(16)23-8/h5-7,11,19,21H,3-4H2,1-2H3. The largest absolute Gasteiger partial charge is 0.507 e. The summed E-state index contributed by atoms with van der Waals surface area (Å²) in [7, 11) is 1.53. The fraction of sp³-hybridized carbons (Fsp3) is 0.278. The number of aliphatic hydroxyl groups excluding tert-OH is 1. The molecule has 118 valence electrons. The first kappa shape index (κ1) is 14.1. The summed E-state index contributed by atoms with van der Waals surface area (Å²) in [5.74, 6) is 0.862. The Kier molecular flexibility index (Phi) is 2.90. The summed E-state index contributed by atoms with van der Waals surface area (Å²) >= 11 is 0. The van der Waals surface area contributed by atoms with Gasteiger partial charge in [-0.2, -0.15) is 0 Å². The molecule has 1 heterocycles. The van der Waals surface area contributed by atoms with E-state index in [1.54, 1.807) is 13.0 Å². The number of aliphatic hydroxyl groups is 1. The molecule has 1 aliphatic carbocycles. The van der Waals surface area contributed by atoms with E-state index in [1.807, 2.05) is 6.07 Å². The number of hydrogen-bond donors (Lipinski definition) is 2. The molecule has 4 rings (SSSR count). The van der Waals surface area contributed by atoms with Gasteiger partial charge in [0.1, 0.15) is 22.6 Å². The van der Waals surface area contributed by atoms with Crippen molar-refractivity contribution in [3.63, 3.8) is 0 Å². The minimum absolute atomic E-state index is 0.109. The second kappa shape index (κ2) is 4.73. The van der Waals surface area contributed by atoms with Gasteiger partial charge in [0.15, 0.2) is 11.0 Å². The van der Waals surface area contributed by atoms with Gasteiger partial charge in [-0.3, -0.25) is 4.79 Å². The molecular formula is C18H16O5. The van der Waals surface area contributed by atoms with Gasteiger partial charge in [-0.1, -0.05) is 6.07 Å². The molecular weight excluding hydrogens is 296 g/mol. The highest BCUT2D eigenvalue weighted by atomic mass is 16.5. The molecule has 0 spiro atoms. The maximum atomic E-state index is 12.3. The molecule has 0 amide bonds. The van der Waals surface area contributed by atoms with Gasteiger partial charge in [-0.25, -0.2) is 0 Å². The van der Waals surface area contributed by atoms with Crippen molar-refractivity contribution >= 4 is 21.7 Å². The number of phenols is 1. The van der Waals surface area contributed by atoms with Gasteiger partial charge in [-0.05, 0) is 36.8 Å². The van der Waals surface area contributed by atoms with E-state index in [9.17, 15) is 15.0 Å². The predicted molar refractivity (Wildman–Crippen MR) is 86.2 cm³/mol. The summed E-state index contributed by atoms with van der Waals surface area (Å²) in [5.41, 5.74) is 1.74. The number of methoxy groups -OCH3 is 1. The zero-order chi connectivity index (χ0) is 16.3. The molecule has 0 saturated carbocycles. The Morgan fingerprint density at radius 1 is 1.26 bits per heavy atom. The van der Waals surface area contributed by atoms with Gasteiger partial charge in [0, 0.05) is 11.6 Å². The minimum Gasteiger partial charge on any atom is -0.507 e. The van der Waals surface area contributed by atoms with Crippen LogP contribution < -0.4 is 10.2 Å². The van der Waals surface area contributed by atoms with Crippen LogP contribution >= 0.6 is 0 Å². The average molecular weight is 312 g/mol. The molecule has 3 aromatic rings. The molecule has 2 aromatic carbocycles. The van der Waals surface area contributed by atoms with Crippen LogP contribution in [0, 0.1) is 6.92 Å². The van der Waals surface area contributed by atoms with Gasteiger partial charge < -0.3 is 19.4 Å². The van der Waals surface area contributed by atoms with E-state index in [0.29, 0.717) is 28.9 Å². The second-order valence-corrected chi connectivity index (χ2v) is 5.96. The molecule has 1 unspecified atom stereocenters. The maximum absolute atomic E-state index is 12.3. The van der Waals surface area contributed by atoms with Crippen LogP contribution in [-0.2, 0) is 6.42 Å². The first-order chi connectivity index (χ1) is 11.0. The quantitative estimate of drug-likeness (QED) is 0.675. The lowest BCUT2D eigenvalue weighted by Gasteiger charge is -2.15. The average Bonchev–Trinajstić information content (AvgIpc) is 2.85. The predicted octanol–water partition coefficient (Wildman–Crippen LogP) is 2.95. The molecule has 0 saturated heterocycles. The summed E-state index contributed by atoms with van der Waals surface area (Å²) < 4.78 is 11.3.